The molecule has 1 heterocycles. The highest BCUT2D eigenvalue weighted by Crippen LogP contribution is 2.46. The summed E-state index contributed by atoms with van der Waals surface area (Å²) in [5, 5.41) is 0.0492. The molecule has 0 aromatic heterocycles. The smallest absolute Gasteiger partial charge is 0.233 e. The number of thioether (sulfide) groups is 1. The van der Waals surface area contributed by atoms with E-state index >= 15 is 0 Å². The molecule has 2 fully saturated rings. The minimum absolute atomic E-state index is 0.0492. The van der Waals surface area contributed by atoms with Crippen molar-refractivity contribution < 1.29 is 14.3 Å². The van der Waals surface area contributed by atoms with E-state index in [4.69, 9.17) is 9.47 Å². The largest absolute Gasteiger partial charge is 0.493 e. The molecule has 20 heavy (non-hydrogen) atoms. The monoisotopic (exact) mass is 293 g/mol. The lowest BCUT2D eigenvalue weighted by Gasteiger charge is -2.26. The van der Waals surface area contributed by atoms with Gasteiger partial charge in [0, 0.05) is 12.1 Å². The Labute approximate surface area is 123 Å². The lowest BCUT2D eigenvalue weighted by molar-refractivity contribution is -0.128. The molecular formula is C15H19NO3S. The van der Waals surface area contributed by atoms with Crippen LogP contribution in [0.1, 0.15) is 23.8 Å². The van der Waals surface area contributed by atoms with Crippen molar-refractivity contribution in [2.45, 2.75) is 18.2 Å². The van der Waals surface area contributed by atoms with E-state index in [2.05, 4.69) is 0 Å². The number of methoxy groups -OCH3 is 2. The van der Waals surface area contributed by atoms with Gasteiger partial charge in [0.2, 0.25) is 5.91 Å². The molecule has 1 saturated heterocycles. The predicted octanol–water partition coefficient (Wildman–Crippen LogP) is 2.69. The summed E-state index contributed by atoms with van der Waals surface area (Å²) in [6.07, 6.45) is 2.49. The number of nitrogens with zero attached hydrogens (tertiary/aromatic N) is 1. The van der Waals surface area contributed by atoms with Crippen molar-refractivity contribution in [1.29, 1.82) is 0 Å². The molecule has 3 rings (SSSR count). The minimum atomic E-state index is 0.0492. The average molecular weight is 293 g/mol. The van der Waals surface area contributed by atoms with Crippen molar-refractivity contribution in [1.82, 2.24) is 4.90 Å². The third-order valence-electron chi connectivity index (χ3n) is 3.82. The molecule has 5 heteroatoms. The van der Waals surface area contributed by atoms with Gasteiger partial charge in [-0.1, -0.05) is 12.1 Å². The number of carbonyl (C=O) groups is 1. The van der Waals surface area contributed by atoms with E-state index in [9.17, 15) is 4.79 Å². The molecule has 1 saturated carbocycles. The van der Waals surface area contributed by atoms with Crippen molar-refractivity contribution in [3.63, 3.8) is 0 Å². The Hall–Kier alpha value is -1.36. The maximum Gasteiger partial charge on any atom is 0.233 e. The highest BCUT2D eigenvalue weighted by atomic mass is 32.2. The number of amides is 1. The Kier molecular flexibility index (Phi) is 3.78. The lowest BCUT2D eigenvalue weighted by Crippen LogP contribution is -2.30. The maximum atomic E-state index is 12.1. The molecule has 0 spiro atoms. The van der Waals surface area contributed by atoms with Crippen LogP contribution in [0, 0.1) is 5.92 Å². The zero-order chi connectivity index (χ0) is 14.1. The zero-order valence-corrected chi connectivity index (χ0v) is 12.6. The Morgan fingerprint density at radius 3 is 2.75 bits per heavy atom. The molecule has 108 valence electrons. The molecule has 2 aliphatic rings. The molecule has 1 atom stereocenters. The number of para-hydroxylation sites is 1. The molecule has 1 aliphatic carbocycles. The maximum absolute atomic E-state index is 12.1. The molecule has 0 N–H and O–H groups in total. The van der Waals surface area contributed by atoms with Crippen molar-refractivity contribution in [2.75, 3.05) is 26.5 Å². The van der Waals surface area contributed by atoms with Crippen LogP contribution in [-0.4, -0.2) is 37.3 Å². The number of ether oxygens (including phenoxy) is 2. The van der Waals surface area contributed by atoms with Gasteiger partial charge >= 0.3 is 0 Å². The van der Waals surface area contributed by atoms with E-state index in [1.54, 1.807) is 26.0 Å². The van der Waals surface area contributed by atoms with Gasteiger partial charge in [0.1, 0.15) is 5.37 Å². The Morgan fingerprint density at radius 1 is 1.30 bits per heavy atom. The fourth-order valence-electron chi connectivity index (χ4n) is 2.59. The van der Waals surface area contributed by atoms with Gasteiger partial charge in [0.15, 0.2) is 11.5 Å². The number of benzene rings is 1. The second-order valence-corrected chi connectivity index (χ2v) is 6.30. The predicted molar refractivity (Wildman–Crippen MR) is 79.2 cm³/mol. The van der Waals surface area contributed by atoms with E-state index in [1.807, 2.05) is 23.1 Å². The number of carbonyl (C=O) groups excluding carboxylic acids is 1. The van der Waals surface area contributed by atoms with Gasteiger partial charge in [0.05, 0.1) is 20.0 Å². The molecule has 1 aromatic rings. The van der Waals surface area contributed by atoms with E-state index in [0.717, 1.165) is 23.6 Å². The highest BCUT2D eigenvalue weighted by Gasteiger charge is 2.38. The molecule has 1 amide bonds. The second kappa shape index (κ2) is 5.56. The summed E-state index contributed by atoms with van der Waals surface area (Å²) in [5.74, 6) is 2.94. The number of hydrogen-bond donors (Lipinski definition) is 0. The van der Waals surface area contributed by atoms with Crippen molar-refractivity contribution in [2.24, 2.45) is 5.92 Å². The third-order valence-corrected chi connectivity index (χ3v) is 5.06. The van der Waals surface area contributed by atoms with Crippen LogP contribution in [0.15, 0.2) is 18.2 Å². The summed E-state index contributed by atoms with van der Waals surface area (Å²) < 4.78 is 10.9. The van der Waals surface area contributed by atoms with Crippen LogP contribution in [0.5, 0.6) is 11.5 Å². The Morgan fingerprint density at radius 2 is 2.10 bits per heavy atom. The van der Waals surface area contributed by atoms with E-state index in [0.29, 0.717) is 11.7 Å². The summed E-state index contributed by atoms with van der Waals surface area (Å²) in [7, 11) is 3.28. The SMILES string of the molecule is COc1cccc(C2SCC(=O)N2CC2CC2)c1OC. The zero-order valence-electron chi connectivity index (χ0n) is 11.8. The molecular weight excluding hydrogens is 274 g/mol. The fourth-order valence-corrected chi connectivity index (χ4v) is 3.81. The summed E-state index contributed by atoms with van der Waals surface area (Å²) in [6, 6.07) is 5.86. The first-order chi connectivity index (χ1) is 9.74. The van der Waals surface area contributed by atoms with Crippen LogP contribution < -0.4 is 9.47 Å². The first-order valence-corrected chi connectivity index (χ1v) is 7.91. The van der Waals surface area contributed by atoms with Crippen molar-refractivity contribution >= 4 is 17.7 Å². The standard InChI is InChI=1S/C15H19NO3S/c1-18-12-5-3-4-11(14(12)19-2)15-16(8-10-6-7-10)13(17)9-20-15/h3-5,10,15H,6-9H2,1-2H3. The van der Waals surface area contributed by atoms with Crippen molar-refractivity contribution in [3.8, 4) is 11.5 Å². The summed E-state index contributed by atoms with van der Waals surface area (Å²) in [4.78, 5) is 14.1. The van der Waals surface area contributed by atoms with Gasteiger partial charge in [-0.2, -0.15) is 0 Å². The van der Waals surface area contributed by atoms with Crippen molar-refractivity contribution in [3.05, 3.63) is 23.8 Å². The van der Waals surface area contributed by atoms with Crippen LogP contribution in [0.3, 0.4) is 0 Å². The highest BCUT2D eigenvalue weighted by molar-refractivity contribution is 8.00. The van der Waals surface area contributed by atoms with Gasteiger partial charge < -0.3 is 14.4 Å². The molecule has 1 aliphatic heterocycles. The summed E-state index contributed by atoms with van der Waals surface area (Å²) in [6.45, 7) is 0.872. The fraction of sp³-hybridized carbons (Fsp3) is 0.533. The number of hydrogen-bond acceptors (Lipinski definition) is 4. The molecule has 1 unspecified atom stereocenters. The van der Waals surface area contributed by atoms with E-state index in [1.165, 1.54) is 12.8 Å². The Bertz CT molecular complexity index is 516. The lowest BCUT2D eigenvalue weighted by atomic mass is 10.1. The molecule has 4 nitrogen and oxygen atoms in total. The minimum Gasteiger partial charge on any atom is -0.493 e. The van der Waals surface area contributed by atoms with Gasteiger partial charge in [-0.15, -0.1) is 11.8 Å². The molecule has 0 bridgehead atoms. The van der Waals surface area contributed by atoms with Gasteiger partial charge in [-0.3, -0.25) is 4.79 Å². The van der Waals surface area contributed by atoms with Crippen LogP contribution in [-0.2, 0) is 4.79 Å². The van der Waals surface area contributed by atoms with Crippen LogP contribution in [0.4, 0.5) is 0 Å². The van der Waals surface area contributed by atoms with Gasteiger partial charge in [-0.05, 0) is 24.8 Å². The summed E-state index contributed by atoms with van der Waals surface area (Å²) in [5.41, 5.74) is 1.03. The van der Waals surface area contributed by atoms with Crippen LogP contribution >= 0.6 is 11.8 Å². The normalized spacial score (nSPS) is 22.2. The Balaban J connectivity index is 1.92. The number of rotatable bonds is 5. The first kappa shape index (κ1) is 13.6. The van der Waals surface area contributed by atoms with Crippen LogP contribution in [0.2, 0.25) is 0 Å². The molecule has 0 radical (unpaired) electrons. The third kappa shape index (κ3) is 2.46. The quantitative estimate of drug-likeness (QED) is 0.836. The topological polar surface area (TPSA) is 38.8 Å². The molecule has 1 aromatic carbocycles. The second-order valence-electron chi connectivity index (χ2n) is 5.24. The summed E-state index contributed by atoms with van der Waals surface area (Å²) >= 11 is 1.67. The average Bonchev–Trinajstić information content (AvgIpc) is 3.22. The van der Waals surface area contributed by atoms with Crippen LogP contribution in [0.25, 0.3) is 0 Å². The first-order valence-electron chi connectivity index (χ1n) is 6.86. The van der Waals surface area contributed by atoms with Gasteiger partial charge in [-0.25, -0.2) is 0 Å². The van der Waals surface area contributed by atoms with E-state index < -0.39 is 0 Å². The van der Waals surface area contributed by atoms with E-state index in [-0.39, 0.29) is 11.3 Å². The van der Waals surface area contributed by atoms with Gasteiger partial charge in [0.25, 0.3) is 0 Å².